The lowest BCUT2D eigenvalue weighted by molar-refractivity contribution is 0.342. The second-order valence-electron chi connectivity index (χ2n) is 5.61. The molecule has 0 bridgehead atoms. The van der Waals surface area contributed by atoms with Crippen molar-refractivity contribution in [2.75, 3.05) is 19.6 Å². The fourth-order valence-electron chi connectivity index (χ4n) is 2.71. The second-order valence-corrected chi connectivity index (χ2v) is 7.50. The normalized spacial score (nSPS) is 21.3. The van der Waals surface area contributed by atoms with Crippen LogP contribution in [0.3, 0.4) is 0 Å². The molecule has 1 aliphatic rings. The van der Waals surface area contributed by atoms with Gasteiger partial charge in [0.05, 0.1) is 12.7 Å². The quantitative estimate of drug-likeness (QED) is 0.807. The molecule has 0 aliphatic carbocycles. The van der Waals surface area contributed by atoms with Crippen LogP contribution in [0.25, 0.3) is 0 Å². The third-order valence-corrected chi connectivity index (χ3v) is 5.94. The highest BCUT2D eigenvalue weighted by atomic mass is 32.2. The van der Waals surface area contributed by atoms with Crippen molar-refractivity contribution in [2.24, 2.45) is 0 Å². The Balaban J connectivity index is 2.11. The van der Waals surface area contributed by atoms with Crippen molar-refractivity contribution in [3.8, 4) is 0 Å². The molecule has 2 heterocycles. The Hall–Kier alpha value is -0.920. The summed E-state index contributed by atoms with van der Waals surface area (Å²) in [6.45, 7) is 7.03. The van der Waals surface area contributed by atoms with Gasteiger partial charge in [0, 0.05) is 25.3 Å². The highest BCUT2D eigenvalue weighted by Crippen LogP contribution is 2.24. The SMILES string of the molecule is CCNCCn1cc(S(=O)(=O)N2CCCCCC2C)cn1. The zero-order chi connectivity index (χ0) is 15.3. The summed E-state index contributed by atoms with van der Waals surface area (Å²) in [6, 6.07) is 0.0719. The monoisotopic (exact) mass is 314 g/mol. The van der Waals surface area contributed by atoms with Crippen LogP contribution >= 0.6 is 0 Å². The van der Waals surface area contributed by atoms with E-state index in [-0.39, 0.29) is 6.04 Å². The van der Waals surface area contributed by atoms with Crippen LogP contribution in [0, 0.1) is 0 Å². The van der Waals surface area contributed by atoms with E-state index in [1.54, 1.807) is 15.2 Å². The molecule has 0 amide bonds. The van der Waals surface area contributed by atoms with Crippen LogP contribution in [0.5, 0.6) is 0 Å². The lowest BCUT2D eigenvalue weighted by Gasteiger charge is -2.25. The Bertz CT molecular complexity index is 541. The fraction of sp³-hybridized carbons (Fsp3) is 0.786. The molecule has 21 heavy (non-hydrogen) atoms. The average Bonchev–Trinajstić information content (AvgIpc) is 2.82. The first kappa shape index (κ1) is 16.5. The molecule has 6 nitrogen and oxygen atoms in total. The van der Waals surface area contributed by atoms with Crippen molar-refractivity contribution < 1.29 is 8.42 Å². The van der Waals surface area contributed by atoms with E-state index in [0.29, 0.717) is 18.0 Å². The second kappa shape index (κ2) is 7.38. The summed E-state index contributed by atoms with van der Waals surface area (Å²) in [5.74, 6) is 0. The van der Waals surface area contributed by atoms with E-state index in [4.69, 9.17) is 0 Å². The lowest BCUT2D eigenvalue weighted by Crippen LogP contribution is -2.38. The number of rotatable bonds is 6. The highest BCUT2D eigenvalue weighted by molar-refractivity contribution is 7.89. The summed E-state index contributed by atoms with van der Waals surface area (Å²) >= 11 is 0. The number of sulfonamides is 1. The summed E-state index contributed by atoms with van der Waals surface area (Å²) in [5, 5.41) is 7.37. The van der Waals surface area contributed by atoms with Gasteiger partial charge in [0.1, 0.15) is 4.90 Å². The molecule has 1 fully saturated rings. The Kier molecular flexibility index (Phi) is 5.78. The van der Waals surface area contributed by atoms with Crippen LogP contribution in [-0.2, 0) is 16.6 Å². The first-order valence-electron chi connectivity index (χ1n) is 7.80. The summed E-state index contributed by atoms with van der Waals surface area (Å²) in [6.07, 6.45) is 7.21. The molecule has 120 valence electrons. The van der Waals surface area contributed by atoms with Crippen molar-refractivity contribution in [3.05, 3.63) is 12.4 Å². The van der Waals surface area contributed by atoms with Gasteiger partial charge < -0.3 is 5.32 Å². The molecule has 0 aromatic carbocycles. The predicted octanol–water partition coefficient (Wildman–Crippen LogP) is 1.45. The molecule has 1 saturated heterocycles. The topological polar surface area (TPSA) is 67.2 Å². The fourth-order valence-corrected chi connectivity index (χ4v) is 4.37. The highest BCUT2D eigenvalue weighted by Gasteiger charge is 2.30. The number of nitrogens with one attached hydrogen (secondary N) is 1. The number of aromatic nitrogens is 2. The first-order valence-corrected chi connectivity index (χ1v) is 9.24. The molecule has 0 spiro atoms. The van der Waals surface area contributed by atoms with Gasteiger partial charge in [-0.05, 0) is 26.3 Å². The van der Waals surface area contributed by atoms with Gasteiger partial charge in [-0.2, -0.15) is 9.40 Å². The Morgan fingerprint density at radius 2 is 2.19 bits per heavy atom. The van der Waals surface area contributed by atoms with Gasteiger partial charge in [0.2, 0.25) is 10.0 Å². The van der Waals surface area contributed by atoms with E-state index >= 15 is 0 Å². The van der Waals surface area contributed by atoms with Gasteiger partial charge in [-0.25, -0.2) is 8.42 Å². The average molecular weight is 314 g/mol. The first-order chi connectivity index (χ1) is 10.1. The number of hydrogen-bond acceptors (Lipinski definition) is 4. The van der Waals surface area contributed by atoms with E-state index in [1.807, 2.05) is 13.8 Å². The molecule has 1 N–H and O–H groups in total. The van der Waals surface area contributed by atoms with Crippen LogP contribution in [-0.4, -0.2) is 48.2 Å². The minimum absolute atomic E-state index is 0.0719. The van der Waals surface area contributed by atoms with Crippen molar-refractivity contribution in [3.63, 3.8) is 0 Å². The van der Waals surface area contributed by atoms with Crippen molar-refractivity contribution >= 4 is 10.0 Å². The number of nitrogens with zero attached hydrogens (tertiary/aromatic N) is 3. The van der Waals surface area contributed by atoms with Crippen molar-refractivity contribution in [1.82, 2.24) is 19.4 Å². The molecular formula is C14H26N4O2S. The third kappa shape index (κ3) is 4.05. The predicted molar refractivity (Wildman–Crippen MR) is 82.6 cm³/mol. The van der Waals surface area contributed by atoms with Crippen LogP contribution in [0.4, 0.5) is 0 Å². The van der Waals surface area contributed by atoms with E-state index < -0.39 is 10.0 Å². The lowest BCUT2D eigenvalue weighted by atomic mass is 10.1. The molecule has 1 aromatic rings. The van der Waals surface area contributed by atoms with Gasteiger partial charge in [-0.3, -0.25) is 4.68 Å². The standard InChI is InChI=1S/C14H26N4O2S/c1-3-15-8-10-17-12-14(11-16-17)21(19,20)18-9-6-4-5-7-13(18)2/h11-13,15H,3-10H2,1-2H3. The minimum atomic E-state index is -3.41. The zero-order valence-corrected chi connectivity index (χ0v) is 13.8. The van der Waals surface area contributed by atoms with Crippen LogP contribution in [0.15, 0.2) is 17.3 Å². The smallest absolute Gasteiger partial charge is 0.246 e. The van der Waals surface area contributed by atoms with E-state index in [2.05, 4.69) is 10.4 Å². The van der Waals surface area contributed by atoms with Gasteiger partial charge >= 0.3 is 0 Å². The van der Waals surface area contributed by atoms with Gasteiger partial charge in [0.25, 0.3) is 0 Å². The number of hydrogen-bond donors (Lipinski definition) is 1. The van der Waals surface area contributed by atoms with Crippen LogP contribution in [0.2, 0.25) is 0 Å². The van der Waals surface area contributed by atoms with Crippen LogP contribution in [0.1, 0.15) is 39.5 Å². The molecule has 1 aliphatic heterocycles. The Morgan fingerprint density at radius 1 is 1.38 bits per heavy atom. The summed E-state index contributed by atoms with van der Waals surface area (Å²) in [7, 11) is -3.41. The molecule has 1 aromatic heterocycles. The maximum Gasteiger partial charge on any atom is 0.246 e. The third-order valence-electron chi connectivity index (χ3n) is 3.98. The van der Waals surface area contributed by atoms with Gasteiger partial charge in [-0.1, -0.05) is 19.8 Å². The molecular weight excluding hydrogens is 288 g/mol. The Labute approximate surface area is 127 Å². The van der Waals surface area contributed by atoms with E-state index in [1.165, 1.54) is 6.20 Å². The zero-order valence-electron chi connectivity index (χ0n) is 13.0. The summed E-state index contributed by atoms with van der Waals surface area (Å²) in [4.78, 5) is 0.313. The van der Waals surface area contributed by atoms with Gasteiger partial charge in [0.15, 0.2) is 0 Å². The van der Waals surface area contributed by atoms with E-state index in [9.17, 15) is 8.42 Å². The molecule has 0 radical (unpaired) electrons. The van der Waals surface area contributed by atoms with Gasteiger partial charge in [-0.15, -0.1) is 0 Å². The molecule has 1 atom stereocenters. The number of likely N-dealkylation sites (N-methyl/N-ethyl adjacent to an activating group) is 1. The molecule has 2 rings (SSSR count). The molecule has 7 heteroatoms. The van der Waals surface area contributed by atoms with Crippen molar-refractivity contribution in [1.29, 1.82) is 0 Å². The van der Waals surface area contributed by atoms with Crippen LogP contribution < -0.4 is 5.32 Å². The minimum Gasteiger partial charge on any atom is -0.315 e. The largest absolute Gasteiger partial charge is 0.315 e. The maximum absolute atomic E-state index is 12.8. The summed E-state index contributed by atoms with van der Waals surface area (Å²) < 4.78 is 28.8. The molecule has 1 unspecified atom stereocenters. The maximum atomic E-state index is 12.8. The molecule has 0 saturated carbocycles. The summed E-state index contributed by atoms with van der Waals surface area (Å²) in [5.41, 5.74) is 0. The van der Waals surface area contributed by atoms with E-state index in [0.717, 1.165) is 38.8 Å². The van der Waals surface area contributed by atoms with Crippen molar-refractivity contribution in [2.45, 2.75) is 57.0 Å². The Morgan fingerprint density at radius 3 is 2.95 bits per heavy atom.